The van der Waals surface area contributed by atoms with Crippen molar-refractivity contribution in [3.63, 3.8) is 0 Å². The average molecular weight is 361 g/mol. The molecule has 8 heterocycles. The zero-order valence-electron chi connectivity index (χ0n) is 13.9. The first-order chi connectivity index (χ1) is 11.9. The van der Waals surface area contributed by atoms with Crippen molar-refractivity contribution < 1.29 is 0 Å². The summed E-state index contributed by atoms with van der Waals surface area (Å²) in [7, 11) is 0. The van der Waals surface area contributed by atoms with Crippen LogP contribution < -0.4 is 0 Å². The maximum Gasteiger partial charge on any atom is 0.0982 e. The zero-order chi connectivity index (χ0) is 15.9. The Balaban J connectivity index is 1.48. The van der Waals surface area contributed by atoms with Gasteiger partial charge in [-0.15, -0.1) is 22.7 Å². The molecule has 4 nitrogen and oxygen atoms in total. The van der Waals surface area contributed by atoms with E-state index in [4.69, 9.17) is 0 Å². The lowest BCUT2D eigenvalue weighted by atomic mass is 10.1. The lowest BCUT2D eigenvalue weighted by Crippen LogP contribution is -2.61. The van der Waals surface area contributed by atoms with Gasteiger partial charge in [-0.25, -0.2) is 0 Å². The summed E-state index contributed by atoms with van der Waals surface area (Å²) in [5.41, 5.74) is 0. The second kappa shape index (κ2) is 6.52. The van der Waals surface area contributed by atoms with Gasteiger partial charge in [0.15, 0.2) is 0 Å². The molecule has 0 saturated carbocycles. The van der Waals surface area contributed by atoms with Crippen molar-refractivity contribution in [3.05, 3.63) is 44.8 Å². The lowest BCUT2D eigenvalue weighted by molar-refractivity contribution is -0.0889. The van der Waals surface area contributed by atoms with Crippen LogP contribution in [0.25, 0.3) is 0 Å². The van der Waals surface area contributed by atoms with E-state index in [9.17, 15) is 0 Å². The molecular formula is C18H24N4S2. The second-order valence-electron chi connectivity index (χ2n) is 6.92. The molecule has 0 unspecified atom stereocenters. The van der Waals surface area contributed by atoms with Crippen LogP contribution >= 0.6 is 22.7 Å². The van der Waals surface area contributed by atoms with Gasteiger partial charge in [-0.3, -0.25) is 19.6 Å². The van der Waals surface area contributed by atoms with E-state index in [0.29, 0.717) is 12.3 Å². The molecule has 4 bridgehead atoms. The second-order valence-corrected chi connectivity index (χ2v) is 8.88. The topological polar surface area (TPSA) is 13.0 Å². The molecule has 0 N–H and O–H groups in total. The van der Waals surface area contributed by atoms with E-state index < -0.39 is 0 Å². The van der Waals surface area contributed by atoms with Gasteiger partial charge >= 0.3 is 0 Å². The van der Waals surface area contributed by atoms with Crippen LogP contribution in [0.1, 0.15) is 22.1 Å². The third-order valence-corrected chi connectivity index (χ3v) is 7.50. The van der Waals surface area contributed by atoms with E-state index in [-0.39, 0.29) is 0 Å². The van der Waals surface area contributed by atoms with E-state index in [1.807, 2.05) is 22.7 Å². The molecule has 128 valence electrons. The normalized spacial score (nSPS) is 39.2. The van der Waals surface area contributed by atoms with Gasteiger partial charge in [-0.1, -0.05) is 12.1 Å². The highest BCUT2D eigenvalue weighted by Crippen LogP contribution is 2.37. The first kappa shape index (κ1) is 15.5. The smallest absolute Gasteiger partial charge is 0.0982 e. The summed E-state index contributed by atoms with van der Waals surface area (Å²) in [6.07, 6.45) is 0.986. The summed E-state index contributed by atoms with van der Waals surface area (Å²) in [6, 6.07) is 9.07. The Morgan fingerprint density at radius 2 is 0.917 bits per heavy atom. The highest BCUT2D eigenvalue weighted by Gasteiger charge is 2.39. The molecule has 8 rings (SSSR count). The molecule has 24 heavy (non-hydrogen) atoms. The number of rotatable bonds is 2. The van der Waals surface area contributed by atoms with Gasteiger partial charge < -0.3 is 0 Å². The Morgan fingerprint density at radius 3 is 1.17 bits per heavy atom. The third-order valence-electron chi connectivity index (χ3n) is 5.68. The molecule has 6 aliphatic rings. The summed E-state index contributed by atoms with van der Waals surface area (Å²) in [5, 5.41) is 4.46. The van der Waals surface area contributed by atoms with Gasteiger partial charge in [0.05, 0.1) is 12.3 Å². The molecule has 0 aliphatic carbocycles. The van der Waals surface area contributed by atoms with Crippen LogP contribution in [0.3, 0.4) is 0 Å². The highest BCUT2D eigenvalue weighted by atomic mass is 32.1. The van der Waals surface area contributed by atoms with Crippen LogP contribution in [0.2, 0.25) is 0 Å². The first-order valence-corrected chi connectivity index (χ1v) is 10.7. The van der Waals surface area contributed by atoms with E-state index in [1.54, 1.807) is 0 Å². The summed E-state index contributed by atoms with van der Waals surface area (Å²) in [5.74, 6) is 0. The van der Waals surface area contributed by atoms with E-state index in [1.165, 1.54) is 62.1 Å². The quantitative estimate of drug-likeness (QED) is 0.816. The highest BCUT2D eigenvalue weighted by molar-refractivity contribution is 7.10. The fraction of sp³-hybridized carbons (Fsp3) is 0.556. The minimum atomic E-state index is 0.493. The molecule has 6 saturated heterocycles. The molecule has 2 aromatic rings. The number of nitrogens with zero attached hydrogens (tertiary/aromatic N) is 4. The number of thiophene rings is 2. The van der Waals surface area contributed by atoms with Crippen molar-refractivity contribution in [1.29, 1.82) is 0 Å². The third kappa shape index (κ3) is 2.66. The van der Waals surface area contributed by atoms with Crippen molar-refractivity contribution in [2.24, 2.45) is 0 Å². The summed E-state index contributed by atoms with van der Waals surface area (Å²) in [6.45, 7) is 9.40. The fourth-order valence-corrected chi connectivity index (χ4v) is 6.29. The van der Waals surface area contributed by atoms with E-state index >= 15 is 0 Å². The van der Waals surface area contributed by atoms with Crippen molar-refractivity contribution in [3.8, 4) is 0 Å². The van der Waals surface area contributed by atoms with Crippen LogP contribution in [-0.2, 0) is 0 Å². The molecular weight excluding hydrogens is 336 g/mol. The summed E-state index contributed by atoms with van der Waals surface area (Å²) in [4.78, 5) is 13.9. The minimum absolute atomic E-state index is 0.493. The number of piperazine rings is 2. The van der Waals surface area contributed by atoms with Gasteiger partial charge in [0.2, 0.25) is 0 Å². The van der Waals surface area contributed by atoms with Crippen LogP contribution in [0.5, 0.6) is 0 Å². The SMILES string of the molecule is c1csc(C2N3CCN(CC3)C(c3cccs3)N3CCN2CC3)c1. The fourth-order valence-electron chi connectivity index (χ4n) is 4.51. The van der Waals surface area contributed by atoms with Crippen molar-refractivity contribution in [1.82, 2.24) is 19.6 Å². The van der Waals surface area contributed by atoms with Crippen LogP contribution in [0.4, 0.5) is 0 Å². The van der Waals surface area contributed by atoms with E-state index in [2.05, 4.69) is 54.6 Å². The molecule has 0 aromatic carbocycles. The Kier molecular flexibility index (Phi) is 4.21. The van der Waals surface area contributed by atoms with Gasteiger partial charge in [0, 0.05) is 62.1 Å². The minimum Gasteiger partial charge on any atom is -0.281 e. The first-order valence-electron chi connectivity index (χ1n) is 8.93. The largest absolute Gasteiger partial charge is 0.281 e. The monoisotopic (exact) mass is 360 g/mol. The molecule has 6 fully saturated rings. The van der Waals surface area contributed by atoms with Crippen LogP contribution in [-0.4, -0.2) is 72.0 Å². The molecule has 0 spiro atoms. The van der Waals surface area contributed by atoms with Gasteiger partial charge in [-0.2, -0.15) is 0 Å². The van der Waals surface area contributed by atoms with Gasteiger partial charge in [0.25, 0.3) is 0 Å². The van der Waals surface area contributed by atoms with Gasteiger partial charge in [-0.05, 0) is 22.9 Å². The van der Waals surface area contributed by atoms with Crippen molar-refractivity contribution >= 4 is 22.7 Å². The standard InChI is InChI=1S/C18H24N4S2/c1-3-15(23-13-1)17-19-5-9-21(10-6-19)18(16-4-2-14-24-16)22-11-7-20(17)8-12-22/h1-4,13-14,17-18H,5-12H2. The van der Waals surface area contributed by atoms with Crippen molar-refractivity contribution in [2.45, 2.75) is 12.3 Å². The Hall–Kier alpha value is -0.760. The molecule has 2 aromatic heterocycles. The Labute approximate surface area is 151 Å². The maximum absolute atomic E-state index is 2.72. The summed E-state index contributed by atoms with van der Waals surface area (Å²) >= 11 is 3.84. The van der Waals surface area contributed by atoms with E-state index in [0.717, 1.165) is 0 Å². The Bertz CT molecular complexity index is 558. The number of hydrogen-bond donors (Lipinski definition) is 0. The lowest BCUT2D eigenvalue weighted by Gasteiger charge is -2.52. The average Bonchev–Trinajstić information content (AvgIpc) is 3.33. The van der Waals surface area contributed by atoms with Crippen LogP contribution in [0.15, 0.2) is 35.0 Å². The van der Waals surface area contributed by atoms with Crippen LogP contribution in [0, 0.1) is 0 Å². The Morgan fingerprint density at radius 1 is 0.583 bits per heavy atom. The molecule has 6 heteroatoms. The molecule has 0 atom stereocenters. The molecule has 6 aliphatic heterocycles. The maximum atomic E-state index is 2.72. The van der Waals surface area contributed by atoms with Gasteiger partial charge in [0.1, 0.15) is 0 Å². The molecule has 0 radical (unpaired) electrons. The number of hydrogen-bond acceptors (Lipinski definition) is 6. The van der Waals surface area contributed by atoms with Crippen molar-refractivity contribution in [2.75, 3.05) is 52.4 Å². The summed E-state index contributed by atoms with van der Waals surface area (Å²) < 4.78 is 0. The zero-order valence-corrected chi connectivity index (χ0v) is 15.5. The predicted molar refractivity (Wildman–Crippen MR) is 100 cm³/mol. The predicted octanol–water partition coefficient (Wildman–Crippen LogP) is 2.76. The molecule has 0 amide bonds.